The molecule has 0 spiro atoms. The van der Waals surface area contributed by atoms with Gasteiger partial charge in [-0.15, -0.1) is 0 Å². The number of nitrogens with zero attached hydrogens (tertiary/aromatic N) is 2. The van der Waals surface area contributed by atoms with E-state index in [1.165, 1.54) is 6.42 Å². The predicted molar refractivity (Wildman–Crippen MR) is 71.1 cm³/mol. The van der Waals surface area contributed by atoms with Crippen molar-refractivity contribution in [1.82, 2.24) is 15.2 Å². The van der Waals surface area contributed by atoms with Crippen molar-refractivity contribution in [1.29, 1.82) is 0 Å². The molecule has 1 atom stereocenters. The number of piperidine rings is 1. The Morgan fingerprint density at radius 1 is 1.44 bits per heavy atom. The summed E-state index contributed by atoms with van der Waals surface area (Å²) in [6.07, 6.45) is 7.13. The molecule has 1 fully saturated rings. The molecule has 4 nitrogen and oxygen atoms in total. The number of carbonyl (C=O) groups is 1. The van der Waals surface area contributed by atoms with Gasteiger partial charge >= 0.3 is 0 Å². The van der Waals surface area contributed by atoms with E-state index < -0.39 is 0 Å². The first-order valence-corrected chi connectivity index (χ1v) is 6.68. The topological polar surface area (TPSA) is 45.2 Å². The lowest BCUT2D eigenvalue weighted by Gasteiger charge is -2.27. The summed E-state index contributed by atoms with van der Waals surface area (Å²) in [5.74, 6) is 0.213. The molecule has 98 valence electrons. The molecule has 1 aromatic rings. The third kappa shape index (κ3) is 3.53. The fourth-order valence-electron chi connectivity index (χ4n) is 2.25. The van der Waals surface area contributed by atoms with Gasteiger partial charge in [0, 0.05) is 31.5 Å². The molecule has 1 aliphatic rings. The van der Waals surface area contributed by atoms with Crippen LogP contribution in [0.25, 0.3) is 0 Å². The standard InChI is InChI=1S/C14H21N3O/c1-12(13-6-5-7-15-10-13)16-11-14(18)17-8-3-2-4-9-17/h5-7,10,12,16H,2-4,8-9,11H2,1H3/t12-/m1/s1. The average molecular weight is 247 g/mol. The lowest BCUT2D eigenvalue weighted by molar-refractivity contribution is -0.131. The van der Waals surface area contributed by atoms with Crippen LogP contribution in [0.3, 0.4) is 0 Å². The second kappa shape index (κ2) is 6.50. The number of carbonyl (C=O) groups excluding carboxylic acids is 1. The lowest BCUT2D eigenvalue weighted by atomic mass is 10.1. The number of nitrogens with one attached hydrogen (secondary N) is 1. The van der Waals surface area contributed by atoms with E-state index in [0.717, 1.165) is 31.5 Å². The second-order valence-electron chi connectivity index (χ2n) is 4.83. The quantitative estimate of drug-likeness (QED) is 0.881. The van der Waals surface area contributed by atoms with Gasteiger partial charge in [-0.25, -0.2) is 0 Å². The third-order valence-electron chi connectivity index (χ3n) is 3.45. The van der Waals surface area contributed by atoms with Crippen LogP contribution in [0.4, 0.5) is 0 Å². The predicted octanol–water partition coefficient (Wildman–Crippen LogP) is 1.74. The van der Waals surface area contributed by atoms with E-state index in [-0.39, 0.29) is 11.9 Å². The van der Waals surface area contributed by atoms with Crippen LogP contribution >= 0.6 is 0 Å². The fraction of sp³-hybridized carbons (Fsp3) is 0.571. The van der Waals surface area contributed by atoms with E-state index >= 15 is 0 Å². The van der Waals surface area contributed by atoms with Crippen molar-refractivity contribution in [2.75, 3.05) is 19.6 Å². The van der Waals surface area contributed by atoms with E-state index in [1.54, 1.807) is 6.20 Å². The Kier molecular flexibility index (Phi) is 4.70. The van der Waals surface area contributed by atoms with Crippen LogP contribution in [0.1, 0.15) is 37.8 Å². The average Bonchev–Trinajstić information content (AvgIpc) is 2.46. The monoisotopic (exact) mass is 247 g/mol. The van der Waals surface area contributed by atoms with Gasteiger partial charge in [0.1, 0.15) is 0 Å². The highest BCUT2D eigenvalue weighted by molar-refractivity contribution is 5.78. The number of hydrogen-bond acceptors (Lipinski definition) is 3. The Hall–Kier alpha value is -1.42. The second-order valence-corrected chi connectivity index (χ2v) is 4.83. The third-order valence-corrected chi connectivity index (χ3v) is 3.45. The number of likely N-dealkylation sites (tertiary alicyclic amines) is 1. The summed E-state index contributed by atoms with van der Waals surface area (Å²) in [6, 6.07) is 4.10. The van der Waals surface area contributed by atoms with Crippen molar-refractivity contribution in [2.24, 2.45) is 0 Å². The Labute approximate surface area is 108 Å². The largest absolute Gasteiger partial charge is 0.342 e. The minimum atomic E-state index is 0.160. The summed E-state index contributed by atoms with van der Waals surface area (Å²) in [7, 11) is 0. The highest BCUT2D eigenvalue weighted by atomic mass is 16.2. The molecular formula is C14H21N3O. The Morgan fingerprint density at radius 3 is 2.89 bits per heavy atom. The van der Waals surface area contributed by atoms with E-state index in [2.05, 4.69) is 17.2 Å². The summed E-state index contributed by atoms with van der Waals surface area (Å²) >= 11 is 0. The van der Waals surface area contributed by atoms with E-state index in [9.17, 15) is 4.79 Å². The Morgan fingerprint density at radius 2 is 2.22 bits per heavy atom. The molecule has 0 radical (unpaired) electrons. The molecule has 0 unspecified atom stereocenters. The summed E-state index contributed by atoms with van der Waals surface area (Å²) < 4.78 is 0. The number of rotatable bonds is 4. The molecule has 18 heavy (non-hydrogen) atoms. The SMILES string of the molecule is C[C@@H](NCC(=O)N1CCCCC1)c1cccnc1. The molecule has 0 aromatic carbocycles. The highest BCUT2D eigenvalue weighted by Gasteiger charge is 2.16. The van der Waals surface area contributed by atoms with Crippen LogP contribution < -0.4 is 5.32 Å². The van der Waals surface area contributed by atoms with Gasteiger partial charge < -0.3 is 10.2 Å². The zero-order valence-electron chi connectivity index (χ0n) is 10.9. The first-order chi connectivity index (χ1) is 8.77. The molecule has 1 amide bonds. The van der Waals surface area contributed by atoms with Gasteiger partial charge in [0.15, 0.2) is 0 Å². The van der Waals surface area contributed by atoms with Crippen molar-refractivity contribution in [2.45, 2.75) is 32.2 Å². The maximum absolute atomic E-state index is 12.0. The fourth-order valence-corrected chi connectivity index (χ4v) is 2.25. The molecule has 0 saturated carbocycles. The van der Waals surface area contributed by atoms with Gasteiger partial charge in [-0.3, -0.25) is 9.78 Å². The van der Waals surface area contributed by atoms with Gasteiger partial charge in [-0.1, -0.05) is 6.07 Å². The molecule has 1 aromatic heterocycles. The van der Waals surface area contributed by atoms with Crippen LogP contribution in [0.2, 0.25) is 0 Å². The van der Waals surface area contributed by atoms with Crippen molar-refractivity contribution >= 4 is 5.91 Å². The molecule has 2 rings (SSSR count). The molecule has 0 bridgehead atoms. The number of aromatic nitrogens is 1. The summed E-state index contributed by atoms with van der Waals surface area (Å²) in [5, 5.41) is 3.26. The van der Waals surface area contributed by atoms with Crippen molar-refractivity contribution in [3.63, 3.8) is 0 Å². The van der Waals surface area contributed by atoms with Gasteiger partial charge in [0.05, 0.1) is 6.54 Å². The van der Waals surface area contributed by atoms with Crippen LogP contribution in [0.15, 0.2) is 24.5 Å². The zero-order valence-corrected chi connectivity index (χ0v) is 10.9. The normalized spacial score (nSPS) is 17.5. The van der Waals surface area contributed by atoms with E-state index in [1.807, 2.05) is 23.2 Å². The minimum Gasteiger partial charge on any atom is -0.342 e. The van der Waals surface area contributed by atoms with Crippen LogP contribution in [0, 0.1) is 0 Å². The molecule has 4 heteroatoms. The highest BCUT2D eigenvalue weighted by Crippen LogP contribution is 2.11. The number of amides is 1. The maximum Gasteiger partial charge on any atom is 0.236 e. The van der Waals surface area contributed by atoms with Crippen molar-refractivity contribution < 1.29 is 4.79 Å². The summed E-state index contributed by atoms with van der Waals surface area (Å²) in [4.78, 5) is 18.0. The van der Waals surface area contributed by atoms with Crippen molar-refractivity contribution in [3.8, 4) is 0 Å². The molecular weight excluding hydrogens is 226 g/mol. The number of hydrogen-bond donors (Lipinski definition) is 1. The Balaban J connectivity index is 1.78. The van der Waals surface area contributed by atoms with Gasteiger partial charge in [-0.05, 0) is 37.8 Å². The van der Waals surface area contributed by atoms with Gasteiger partial charge in [0.2, 0.25) is 5.91 Å². The molecule has 2 heterocycles. The van der Waals surface area contributed by atoms with Crippen molar-refractivity contribution in [3.05, 3.63) is 30.1 Å². The molecule has 1 saturated heterocycles. The molecule has 1 aliphatic heterocycles. The summed E-state index contributed by atoms with van der Waals surface area (Å²) in [6.45, 7) is 4.31. The lowest BCUT2D eigenvalue weighted by Crippen LogP contribution is -2.41. The van der Waals surface area contributed by atoms with Gasteiger partial charge in [0.25, 0.3) is 0 Å². The molecule has 0 aliphatic carbocycles. The minimum absolute atomic E-state index is 0.160. The van der Waals surface area contributed by atoms with Crippen LogP contribution in [-0.4, -0.2) is 35.4 Å². The van der Waals surface area contributed by atoms with Crippen LogP contribution in [-0.2, 0) is 4.79 Å². The van der Waals surface area contributed by atoms with Gasteiger partial charge in [-0.2, -0.15) is 0 Å². The number of pyridine rings is 1. The van der Waals surface area contributed by atoms with Crippen LogP contribution in [0.5, 0.6) is 0 Å². The molecule has 1 N–H and O–H groups in total. The van der Waals surface area contributed by atoms with E-state index in [4.69, 9.17) is 0 Å². The first-order valence-electron chi connectivity index (χ1n) is 6.68. The zero-order chi connectivity index (χ0) is 12.8. The smallest absolute Gasteiger partial charge is 0.236 e. The maximum atomic E-state index is 12.0. The van der Waals surface area contributed by atoms with E-state index in [0.29, 0.717) is 6.54 Å². The summed E-state index contributed by atoms with van der Waals surface area (Å²) in [5.41, 5.74) is 1.11. The first kappa shape index (κ1) is 13.0. The Bertz CT molecular complexity index is 374.